The van der Waals surface area contributed by atoms with Gasteiger partial charge in [0.25, 0.3) is 0 Å². The Morgan fingerprint density at radius 3 is 2.62 bits per heavy atom. The van der Waals surface area contributed by atoms with Crippen LogP contribution in [0, 0.1) is 11.7 Å². The van der Waals surface area contributed by atoms with Gasteiger partial charge in [-0.3, -0.25) is 0 Å². The number of carboxylic acids is 1. The Kier molecular flexibility index (Phi) is 4.58. The van der Waals surface area contributed by atoms with Gasteiger partial charge in [0.2, 0.25) is 0 Å². The second-order valence-electron chi connectivity index (χ2n) is 5.51. The zero-order valence-corrected chi connectivity index (χ0v) is 13.0. The van der Waals surface area contributed by atoms with E-state index in [9.17, 15) is 17.6 Å². The third-order valence-corrected chi connectivity index (χ3v) is 6.47. The molecule has 1 fully saturated rings. The van der Waals surface area contributed by atoms with Gasteiger partial charge in [-0.25, -0.2) is 17.6 Å². The summed E-state index contributed by atoms with van der Waals surface area (Å²) in [6.07, 6.45) is 2.79. The number of hydrogen-bond donors (Lipinski definition) is 1. The molecule has 116 valence electrons. The maximum atomic E-state index is 13.7. The summed E-state index contributed by atoms with van der Waals surface area (Å²) in [7, 11) is -3.75. The van der Waals surface area contributed by atoms with E-state index in [4.69, 9.17) is 16.7 Å². The lowest BCUT2D eigenvalue weighted by Crippen LogP contribution is -2.27. The molecule has 1 aromatic rings. The van der Waals surface area contributed by atoms with E-state index >= 15 is 0 Å². The highest BCUT2D eigenvalue weighted by Gasteiger charge is 2.33. The smallest absolute Gasteiger partial charge is 0.337 e. The maximum Gasteiger partial charge on any atom is 0.337 e. The number of hydrogen-bond acceptors (Lipinski definition) is 3. The van der Waals surface area contributed by atoms with E-state index in [1.807, 2.05) is 6.92 Å². The van der Waals surface area contributed by atoms with Crippen LogP contribution in [-0.2, 0) is 9.84 Å². The summed E-state index contributed by atoms with van der Waals surface area (Å²) in [6, 6.07) is 1.76. The summed E-state index contributed by atoms with van der Waals surface area (Å²) in [5.74, 6) is -2.19. The van der Waals surface area contributed by atoms with Crippen molar-refractivity contribution >= 4 is 27.4 Å². The van der Waals surface area contributed by atoms with Gasteiger partial charge in [-0.2, -0.15) is 0 Å². The van der Waals surface area contributed by atoms with Crippen LogP contribution in [0.15, 0.2) is 17.0 Å². The van der Waals surface area contributed by atoms with Crippen LogP contribution in [-0.4, -0.2) is 24.7 Å². The van der Waals surface area contributed by atoms with Gasteiger partial charge in [-0.15, -0.1) is 0 Å². The van der Waals surface area contributed by atoms with E-state index in [-0.39, 0.29) is 10.8 Å². The molecular formula is C14H16ClFO4S. The largest absolute Gasteiger partial charge is 0.478 e. The molecule has 1 aromatic carbocycles. The first-order chi connectivity index (χ1) is 9.73. The van der Waals surface area contributed by atoms with Gasteiger partial charge in [0, 0.05) is 0 Å². The van der Waals surface area contributed by atoms with E-state index in [1.165, 1.54) is 0 Å². The van der Waals surface area contributed by atoms with Crippen molar-refractivity contribution in [2.24, 2.45) is 5.92 Å². The second kappa shape index (κ2) is 5.93. The van der Waals surface area contributed by atoms with Crippen LogP contribution < -0.4 is 0 Å². The van der Waals surface area contributed by atoms with Crippen molar-refractivity contribution in [1.29, 1.82) is 0 Å². The van der Waals surface area contributed by atoms with Crippen LogP contribution in [0.4, 0.5) is 4.39 Å². The zero-order chi connectivity index (χ0) is 15.8. The highest BCUT2D eigenvalue weighted by molar-refractivity contribution is 7.92. The van der Waals surface area contributed by atoms with Crippen LogP contribution in [0.25, 0.3) is 0 Å². The molecule has 1 saturated carbocycles. The minimum atomic E-state index is -3.75. The Bertz CT molecular complexity index is 672. The molecule has 0 amide bonds. The summed E-state index contributed by atoms with van der Waals surface area (Å²) in [6.45, 7) is 1.98. The van der Waals surface area contributed by atoms with Crippen molar-refractivity contribution in [1.82, 2.24) is 0 Å². The van der Waals surface area contributed by atoms with Crippen LogP contribution in [0.5, 0.6) is 0 Å². The van der Waals surface area contributed by atoms with Gasteiger partial charge in [-0.05, 0) is 30.9 Å². The molecular weight excluding hydrogens is 319 g/mol. The van der Waals surface area contributed by atoms with Gasteiger partial charge in [0.05, 0.1) is 20.7 Å². The molecule has 1 aliphatic carbocycles. The van der Waals surface area contributed by atoms with Gasteiger partial charge in [0.15, 0.2) is 9.84 Å². The monoisotopic (exact) mass is 334 g/mol. The number of carboxylic acid groups (broad SMARTS) is 1. The van der Waals surface area contributed by atoms with Crippen molar-refractivity contribution in [2.45, 2.75) is 42.8 Å². The predicted molar refractivity (Wildman–Crippen MR) is 77.0 cm³/mol. The molecule has 0 bridgehead atoms. The summed E-state index contributed by atoms with van der Waals surface area (Å²) in [4.78, 5) is 10.7. The van der Waals surface area contributed by atoms with Crippen molar-refractivity contribution < 1.29 is 22.7 Å². The zero-order valence-electron chi connectivity index (χ0n) is 11.5. The fourth-order valence-electron chi connectivity index (χ4n) is 2.74. The minimum Gasteiger partial charge on any atom is -0.478 e. The molecule has 4 nitrogen and oxygen atoms in total. The molecule has 21 heavy (non-hydrogen) atoms. The van der Waals surface area contributed by atoms with Gasteiger partial charge in [0.1, 0.15) is 5.82 Å². The van der Waals surface area contributed by atoms with Gasteiger partial charge < -0.3 is 5.11 Å². The van der Waals surface area contributed by atoms with Crippen molar-refractivity contribution in [3.63, 3.8) is 0 Å². The first-order valence-electron chi connectivity index (χ1n) is 6.69. The Labute approximate surface area is 127 Å². The fraction of sp³-hybridized carbons (Fsp3) is 0.500. The minimum absolute atomic E-state index is 0.287. The number of benzene rings is 1. The number of aromatic carboxylic acids is 1. The summed E-state index contributed by atoms with van der Waals surface area (Å²) < 4.78 is 38.9. The van der Waals surface area contributed by atoms with E-state index in [2.05, 4.69) is 0 Å². The molecule has 0 radical (unpaired) electrons. The number of sulfone groups is 1. The molecule has 0 aliphatic heterocycles. The van der Waals surface area contributed by atoms with Crippen LogP contribution in [0.2, 0.25) is 5.02 Å². The highest BCUT2D eigenvalue weighted by atomic mass is 35.5. The molecule has 0 heterocycles. The maximum absolute atomic E-state index is 13.7. The molecule has 1 aliphatic rings. The first kappa shape index (κ1) is 16.2. The van der Waals surface area contributed by atoms with E-state index < -0.39 is 37.5 Å². The molecule has 2 atom stereocenters. The predicted octanol–water partition coefficient (Wildman–Crippen LogP) is 3.53. The van der Waals surface area contributed by atoms with E-state index in [0.29, 0.717) is 12.8 Å². The second-order valence-corrected chi connectivity index (χ2v) is 8.12. The third kappa shape index (κ3) is 3.21. The molecule has 7 heteroatoms. The lowest BCUT2D eigenvalue weighted by atomic mass is 9.91. The molecule has 2 rings (SSSR count). The lowest BCUT2D eigenvalue weighted by molar-refractivity contribution is 0.0696. The third-order valence-electron chi connectivity index (χ3n) is 3.89. The number of carbonyl (C=O) groups is 1. The van der Waals surface area contributed by atoms with Crippen molar-refractivity contribution in [2.75, 3.05) is 0 Å². The highest BCUT2D eigenvalue weighted by Crippen LogP contribution is 2.33. The standard InChI is InChI=1S/C14H16ClFO4S/c1-8-3-2-4-9(5-8)21(19,20)10-6-11(14(17)18)13(15)12(16)7-10/h6-9H,2-5H2,1H3,(H,17,18). The molecule has 2 unspecified atom stereocenters. The average molecular weight is 335 g/mol. The normalized spacial score (nSPS) is 23.0. The summed E-state index contributed by atoms with van der Waals surface area (Å²) in [5, 5.41) is 7.82. The van der Waals surface area contributed by atoms with Gasteiger partial charge in [-0.1, -0.05) is 31.4 Å². The molecule has 0 saturated heterocycles. The van der Waals surface area contributed by atoms with Crippen LogP contribution in [0.3, 0.4) is 0 Å². The Morgan fingerprint density at radius 1 is 1.38 bits per heavy atom. The van der Waals surface area contributed by atoms with Crippen molar-refractivity contribution in [3.05, 3.63) is 28.5 Å². The summed E-state index contributed by atoms with van der Waals surface area (Å²) in [5.41, 5.74) is -0.529. The fourth-order valence-corrected chi connectivity index (χ4v) is 4.92. The van der Waals surface area contributed by atoms with E-state index in [1.54, 1.807) is 0 Å². The Balaban J connectivity index is 2.47. The summed E-state index contributed by atoms with van der Waals surface area (Å²) >= 11 is 5.57. The quantitative estimate of drug-likeness (QED) is 0.917. The number of halogens is 2. The Morgan fingerprint density at radius 2 is 2.05 bits per heavy atom. The molecule has 1 N–H and O–H groups in total. The first-order valence-corrected chi connectivity index (χ1v) is 8.62. The molecule has 0 aromatic heterocycles. The lowest BCUT2D eigenvalue weighted by Gasteiger charge is -2.26. The Hall–Kier alpha value is -1.14. The molecule has 0 spiro atoms. The number of rotatable bonds is 3. The van der Waals surface area contributed by atoms with Crippen molar-refractivity contribution in [3.8, 4) is 0 Å². The van der Waals surface area contributed by atoms with Crippen LogP contribution in [0.1, 0.15) is 43.0 Å². The van der Waals surface area contributed by atoms with Crippen LogP contribution >= 0.6 is 11.6 Å². The SMILES string of the molecule is CC1CCCC(S(=O)(=O)c2cc(F)c(Cl)c(C(=O)O)c2)C1. The topological polar surface area (TPSA) is 71.4 Å². The van der Waals surface area contributed by atoms with Gasteiger partial charge >= 0.3 is 5.97 Å². The average Bonchev–Trinajstić information content (AvgIpc) is 2.41. The van der Waals surface area contributed by atoms with E-state index in [0.717, 1.165) is 25.0 Å².